The van der Waals surface area contributed by atoms with Crippen LogP contribution in [0.2, 0.25) is 5.02 Å². The van der Waals surface area contributed by atoms with Gasteiger partial charge in [-0.1, -0.05) is 41.9 Å². The molecule has 2 N–H and O–H groups in total. The molecule has 0 amide bonds. The van der Waals surface area contributed by atoms with E-state index >= 15 is 0 Å². The Morgan fingerprint density at radius 2 is 1.86 bits per heavy atom. The molecule has 1 heterocycles. The molecule has 0 saturated carbocycles. The van der Waals surface area contributed by atoms with E-state index in [1.807, 2.05) is 42.2 Å². The van der Waals surface area contributed by atoms with Crippen LogP contribution >= 0.6 is 11.6 Å². The van der Waals surface area contributed by atoms with Crippen molar-refractivity contribution in [3.63, 3.8) is 0 Å². The minimum absolute atomic E-state index is 0.0906. The van der Waals surface area contributed by atoms with Crippen LogP contribution in [0.5, 0.6) is 5.75 Å². The van der Waals surface area contributed by atoms with Gasteiger partial charge in [0, 0.05) is 18.1 Å². The predicted molar refractivity (Wildman–Crippen MR) is 113 cm³/mol. The fourth-order valence-electron chi connectivity index (χ4n) is 2.84. The van der Waals surface area contributed by atoms with Crippen molar-refractivity contribution in [3.8, 4) is 5.75 Å². The Labute approximate surface area is 175 Å². The molecule has 0 radical (unpaired) electrons. The molecule has 9 heteroatoms. The largest absolute Gasteiger partial charge is 0.495 e. The first-order valence-corrected chi connectivity index (χ1v) is 10.7. The first kappa shape index (κ1) is 20.9. The molecule has 0 atom stereocenters. The molecule has 0 fully saturated rings. The monoisotopic (exact) mass is 432 g/mol. The van der Waals surface area contributed by atoms with Crippen LogP contribution in [-0.2, 0) is 16.4 Å². The first-order chi connectivity index (χ1) is 13.9. The SMILES string of the molecule is CCN(Cc1ccccc1)c1ncc(S(=O)(=O)c2cc(Cl)ccc2OC)c(N)n1. The van der Waals surface area contributed by atoms with Crippen molar-refractivity contribution in [2.24, 2.45) is 0 Å². The van der Waals surface area contributed by atoms with Gasteiger partial charge in [0.25, 0.3) is 0 Å². The van der Waals surface area contributed by atoms with Crippen LogP contribution in [0.3, 0.4) is 0 Å². The average molecular weight is 433 g/mol. The van der Waals surface area contributed by atoms with Gasteiger partial charge in [0.2, 0.25) is 15.8 Å². The van der Waals surface area contributed by atoms with Gasteiger partial charge in [-0.25, -0.2) is 13.4 Å². The molecule has 0 bridgehead atoms. The summed E-state index contributed by atoms with van der Waals surface area (Å²) in [5.74, 6) is 0.381. The Kier molecular flexibility index (Phi) is 6.24. The molecule has 0 spiro atoms. The highest BCUT2D eigenvalue weighted by Crippen LogP contribution is 2.33. The zero-order valence-corrected chi connectivity index (χ0v) is 17.6. The lowest BCUT2D eigenvalue weighted by atomic mass is 10.2. The molecule has 0 aliphatic carbocycles. The number of nitrogen functional groups attached to an aromatic ring is 1. The van der Waals surface area contributed by atoms with Crippen LogP contribution in [0.4, 0.5) is 11.8 Å². The summed E-state index contributed by atoms with van der Waals surface area (Å²) in [6.07, 6.45) is 1.22. The number of rotatable bonds is 7. The average Bonchev–Trinajstić information content (AvgIpc) is 2.72. The quantitative estimate of drug-likeness (QED) is 0.609. The maximum absolute atomic E-state index is 13.1. The van der Waals surface area contributed by atoms with E-state index in [-0.39, 0.29) is 26.4 Å². The topological polar surface area (TPSA) is 98.4 Å². The van der Waals surface area contributed by atoms with Crippen molar-refractivity contribution in [3.05, 3.63) is 65.3 Å². The Balaban J connectivity index is 1.98. The van der Waals surface area contributed by atoms with E-state index in [9.17, 15) is 8.42 Å². The van der Waals surface area contributed by atoms with E-state index in [1.54, 1.807) is 6.07 Å². The molecule has 0 unspecified atom stereocenters. The van der Waals surface area contributed by atoms with Crippen LogP contribution in [0, 0.1) is 0 Å². The Morgan fingerprint density at radius 3 is 2.48 bits per heavy atom. The molecule has 0 aliphatic rings. The zero-order valence-electron chi connectivity index (χ0n) is 16.0. The van der Waals surface area contributed by atoms with E-state index in [2.05, 4.69) is 9.97 Å². The highest BCUT2D eigenvalue weighted by molar-refractivity contribution is 7.91. The number of hydrogen-bond donors (Lipinski definition) is 1. The highest BCUT2D eigenvalue weighted by Gasteiger charge is 2.27. The number of nitrogens with zero attached hydrogens (tertiary/aromatic N) is 3. The number of sulfone groups is 1. The maximum atomic E-state index is 13.1. The van der Waals surface area contributed by atoms with E-state index < -0.39 is 9.84 Å². The lowest BCUT2D eigenvalue weighted by Gasteiger charge is -2.21. The molecule has 2 aromatic carbocycles. The molecule has 0 saturated heterocycles. The second-order valence-corrected chi connectivity index (χ2v) is 8.54. The minimum Gasteiger partial charge on any atom is -0.495 e. The summed E-state index contributed by atoms with van der Waals surface area (Å²) in [7, 11) is -2.64. The van der Waals surface area contributed by atoms with Gasteiger partial charge in [-0.15, -0.1) is 0 Å². The lowest BCUT2D eigenvalue weighted by Crippen LogP contribution is -2.25. The maximum Gasteiger partial charge on any atom is 0.227 e. The Hall–Kier alpha value is -2.84. The lowest BCUT2D eigenvalue weighted by molar-refractivity contribution is 0.402. The first-order valence-electron chi connectivity index (χ1n) is 8.86. The smallest absolute Gasteiger partial charge is 0.227 e. The third-order valence-corrected chi connectivity index (χ3v) is 6.38. The Morgan fingerprint density at radius 1 is 1.14 bits per heavy atom. The highest BCUT2D eigenvalue weighted by atomic mass is 35.5. The van der Waals surface area contributed by atoms with Crippen molar-refractivity contribution >= 4 is 33.2 Å². The van der Waals surface area contributed by atoms with Gasteiger partial charge in [-0.3, -0.25) is 0 Å². The molecule has 3 rings (SSSR count). The van der Waals surface area contributed by atoms with Crippen LogP contribution in [-0.4, -0.2) is 32.0 Å². The molecule has 152 valence electrons. The summed E-state index contributed by atoms with van der Waals surface area (Å²) in [5.41, 5.74) is 7.11. The van der Waals surface area contributed by atoms with Crippen molar-refractivity contribution in [2.45, 2.75) is 23.3 Å². The summed E-state index contributed by atoms with van der Waals surface area (Å²) in [4.78, 5) is 10.1. The van der Waals surface area contributed by atoms with Crippen LogP contribution in [0.25, 0.3) is 0 Å². The second-order valence-electron chi connectivity index (χ2n) is 6.22. The number of halogens is 1. The van der Waals surface area contributed by atoms with Crippen molar-refractivity contribution in [1.82, 2.24) is 9.97 Å². The summed E-state index contributed by atoms with van der Waals surface area (Å²) in [6, 6.07) is 14.2. The molecular formula is C20H21ClN4O3S. The van der Waals surface area contributed by atoms with Gasteiger partial charge in [0.1, 0.15) is 21.4 Å². The summed E-state index contributed by atoms with van der Waals surface area (Å²) >= 11 is 5.98. The van der Waals surface area contributed by atoms with E-state index in [4.69, 9.17) is 22.1 Å². The van der Waals surface area contributed by atoms with Gasteiger partial charge in [0.05, 0.1) is 13.3 Å². The molecule has 3 aromatic rings. The zero-order chi connectivity index (χ0) is 21.0. The molecule has 7 nitrogen and oxygen atoms in total. The number of nitrogens with two attached hydrogens (primary N) is 1. The number of ether oxygens (including phenoxy) is 1. The molecule has 29 heavy (non-hydrogen) atoms. The van der Waals surface area contributed by atoms with Gasteiger partial charge in [-0.2, -0.15) is 4.98 Å². The minimum atomic E-state index is -4.02. The molecular weight excluding hydrogens is 412 g/mol. The second kappa shape index (κ2) is 8.67. The predicted octanol–water partition coefficient (Wildman–Crippen LogP) is 3.58. The number of methoxy groups -OCH3 is 1. The number of anilines is 2. The Bertz CT molecular complexity index is 1110. The third-order valence-electron chi connectivity index (χ3n) is 4.36. The number of aromatic nitrogens is 2. The third kappa shape index (κ3) is 4.44. The van der Waals surface area contributed by atoms with Gasteiger partial charge < -0.3 is 15.4 Å². The van der Waals surface area contributed by atoms with Gasteiger partial charge in [-0.05, 0) is 30.7 Å². The van der Waals surface area contributed by atoms with E-state index in [0.29, 0.717) is 19.0 Å². The fourth-order valence-corrected chi connectivity index (χ4v) is 4.52. The normalized spacial score (nSPS) is 11.3. The van der Waals surface area contributed by atoms with Crippen LogP contribution < -0.4 is 15.4 Å². The van der Waals surface area contributed by atoms with Crippen molar-refractivity contribution in [2.75, 3.05) is 24.3 Å². The van der Waals surface area contributed by atoms with Gasteiger partial charge in [0.15, 0.2) is 0 Å². The summed E-state index contributed by atoms with van der Waals surface area (Å²) in [5, 5.41) is 0.264. The van der Waals surface area contributed by atoms with Crippen LogP contribution in [0.1, 0.15) is 12.5 Å². The number of benzene rings is 2. The summed E-state index contributed by atoms with van der Waals surface area (Å²) < 4.78 is 31.4. The molecule has 1 aromatic heterocycles. The molecule has 0 aliphatic heterocycles. The van der Waals surface area contributed by atoms with Gasteiger partial charge >= 0.3 is 0 Å². The van der Waals surface area contributed by atoms with Crippen molar-refractivity contribution < 1.29 is 13.2 Å². The van der Waals surface area contributed by atoms with Crippen molar-refractivity contribution in [1.29, 1.82) is 0 Å². The fraction of sp³-hybridized carbons (Fsp3) is 0.200. The standard InChI is InChI=1S/C20H21ClN4O3S/c1-3-25(13-14-7-5-4-6-8-14)20-23-12-18(19(22)24-20)29(26,27)17-11-15(21)9-10-16(17)28-2/h4-12H,3,13H2,1-2H3,(H2,22,23,24). The van der Waals surface area contributed by atoms with E-state index in [0.717, 1.165) is 5.56 Å². The number of hydrogen-bond acceptors (Lipinski definition) is 7. The van der Waals surface area contributed by atoms with Crippen LogP contribution in [0.15, 0.2) is 64.5 Å². The van der Waals surface area contributed by atoms with E-state index in [1.165, 1.54) is 25.4 Å². The summed E-state index contributed by atoms with van der Waals surface area (Å²) in [6.45, 7) is 3.16.